The Kier molecular flexibility index (Phi) is 8.33. The van der Waals surface area contributed by atoms with Crippen LogP contribution in [-0.4, -0.2) is 42.9 Å². The van der Waals surface area contributed by atoms with E-state index in [9.17, 15) is 9.35 Å². The van der Waals surface area contributed by atoms with Gasteiger partial charge in [0.1, 0.15) is 22.7 Å². The van der Waals surface area contributed by atoms with Crippen LogP contribution in [0.2, 0.25) is 0 Å². The molecule has 1 aliphatic carbocycles. The minimum Gasteiger partial charge on any atom is -0.587 e. The van der Waals surface area contributed by atoms with Gasteiger partial charge in [-0.2, -0.15) is 5.10 Å². The highest BCUT2D eigenvalue weighted by molar-refractivity contribution is 9.10. The van der Waals surface area contributed by atoms with Crippen LogP contribution in [0.5, 0.6) is 0 Å². The smallest absolute Gasteiger partial charge is 0.237 e. The van der Waals surface area contributed by atoms with Gasteiger partial charge in [-0.15, -0.1) is 3.97 Å². The zero-order chi connectivity index (χ0) is 31.1. The lowest BCUT2D eigenvalue weighted by atomic mass is 9.78. The Hall–Kier alpha value is -3.44. The van der Waals surface area contributed by atoms with Gasteiger partial charge in [0.25, 0.3) is 0 Å². The van der Waals surface area contributed by atoms with Crippen LogP contribution in [-0.2, 0) is 33.0 Å². The lowest BCUT2D eigenvalue weighted by molar-refractivity contribution is -0.122. The highest BCUT2D eigenvalue weighted by Gasteiger charge is 2.53. The summed E-state index contributed by atoms with van der Waals surface area (Å²) >= 11 is 2.31. The second-order valence-corrected chi connectivity index (χ2v) is 14.1. The van der Waals surface area contributed by atoms with Crippen LogP contribution in [0.1, 0.15) is 57.4 Å². The van der Waals surface area contributed by atoms with E-state index in [1.165, 1.54) is 12.8 Å². The van der Waals surface area contributed by atoms with Crippen molar-refractivity contribution in [2.24, 2.45) is 0 Å². The number of hydrogen-bond acceptors (Lipinski definition) is 5. The first-order valence-electron chi connectivity index (χ1n) is 15.6. The van der Waals surface area contributed by atoms with Gasteiger partial charge in [-0.25, -0.2) is 9.67 Å². The molecule has 1 saturated carbocycles. The molecule has 1 aliphatic heterocycles. The maximum atomic E-state index is 14.1. The molecule has 10 heteroatoms. The molecule has 232 valence electrons. The number of unbranched alkanes of at least 4 members (excludes halogenated alkanes) is 2. The number of aromatic nitrogens is 4. The van der Waals surface area contributed by atoms with Gasteiger partial charge in [0.05, 0.1) is 23.5 Å². The van der Waals surface area contributed by atoms with Crippen molar-refractivity contribution in [1.29, 1.82) is 0 Å². The number of pyridine rings is 1. The van der Waals surface area contributed by atoms with E-state index in [2.05, 4.69) is 52.2 Å². The Bertz CT molecular complexity index is 1850. The molecule has 2 aliphatic rings. The second-order valence-electron chi connectivity index (χ2n) is 12.0. The van der Waals surface area contributed by atoms with Crippen LogP contribution in [0.4, 0.5) is 5.69 Å². The van der Waals surface area contributed by atoms with Crippen molar-refractivity contribution in [2.75, 3.05) is 18.6 Å². The third kappa shape index (κ3) is 5.12. The normalized spacial score (nSPS) is 16.3. The second kappa shape index (κ2) is 12.4. The van der Waals surface area contributed by atoms with Crippen molar-refractivity contribution >= 4 is 49.9 Å². The quantitative estimate of drug-likeness (QED) is 0.110. The van der Waals surface area contributed by atoms with Crippen LogP contribution in [0.3, 0.4) is 0 Å². The molecule has 5 aromatic rings. The molecule has 0 saturated heterocycles. The number of ether oxygens (including phenoxy) is 1. The Morgan fingerprint density at radius 2 is 1.73 bits per heavy atom. The first kappa shape index (κ1) is 30.2. The monoisotopic (exact) mass is 685 g/mol. The highest BCUT2D eigenvalue weighted by atomic mass is 79.9. The Balaban J connectivity index is 1.33. The number of likely N-dealkylation sites (N-methyl/N-ethyl adjacent to an activating group) is 1. The van der Waals surface area contributed by atoms with E-state index >= 15 is 0 Å². The summed E-state index contributed by atoms with van der Waals surface area (Å²) in [5, 5.41) is 5.39. The van der Waals surface area contributed by atoms with E-state index in [4.69, 9.17) is 9.72 Å². The number of halogens is 1. The number of anilines is 1. The molecule has 1 amide bonds. The van der Waals surface area contributed by atoms with Crippen molar-refractivity contribution < 1.29 is 14.1 Å². The molecule has 7 rings (SSSR count). The Morgan fingerprint density at radius 3 is 2.47 bits per heavy atom. The molecule has 1 spiro atoms. The van der Waals surface area contributed by atoms with E-state index in [0.717, 1.165) is 77.6 Å². The number of nitrogens with zero attached hydrogens (tertiary/aromatic N) is 5. The van der Waals surface area contributed by atoms with Gasteiger partial charge in [0, 0.05) is 41.9 Å². The largest absolute Gasteiger partial charge is 0.587 e. The number of benzene rings is 2. The predicted octanol–water partition coefficient (Wildman–Crippen LogP) is 7.85. The average molecular weight is 687 g/mol. The fraction of sp³-hybridized carbons (Fsp3) is 0.343. The maximum Gasteiger partial charge on any atom is 0.237 e. The molecule has 1 fully saturated rings. The van der Waals surface area contributed by atoms with E-state index in [-0.39, 0.29) is 5.91 Å². The van der Waals surface area contributed by atoms with E-state index in [0.29, 0.717) is 21.9 Å². The van der Waals surface area contributed by atoms with Gasteiger partial charge in [0.2, 0.25) is 5.91 Å². The molecule has 4 heterocycles. The van der Waals surface area contributed by atoms with Crippen molar-refractivity contribution in [3.63, 3.8) is 0 Å². The van der Waals surface area contributed by atoms with Gasteiger partial charge >= 0.3 is 0 Å². The summed E-state index contributed by atoms with van der Waals surface area (Å²) in [4.78, 5) is 21.2. The van der Waals surface area contributed by atoms with Crippen LogP contribution >= 0.6 is 15.9 Å². The minimum absolute atomic E-state index is 0.130. The molecule has 0 radical (unpaired) electrons. The van der Waals surface area contributed by atoms with Crippen LogP contribution in [0.25, 0.3) is 33.3 Å². The molecular weight excluding hydrogens is 650 g/mol. The minimum atomic E-state index is -1.56. The third-order valence-electron chi connectivity index (χ3n) is 9.24. The topological polar surface area (TPSA) is 88.2 Å². The first-order chi connectivity index (χ1) is 21.9. The van der Waals surface area contributed by atoms with E-state index in [1.807, 2.05) is 54.5 Å². The fourth-order valence-electron chi connectivity index (χ4n) is 6.98. The maximum absolute atomic E-state index is 14.1. The average Bonchev–Trinajstić information content (AvgIpc) is 3.85. The molecule has 8 nitrogen and oxygen atoms in total. The molecule has 1 unspecified atom stereocenters. The summed E-state index contributed by atoms with van der Waals surface area (Å²) < 4.78 is 24.2. The van der Waals surface area contributed by atoms with Gasteiger partial charge in [-0.3, -0.25) is 4.79 Å². The number of carbonyl (C=O) groups is 1. The molecule has 0 N–H and O–H groups in total. The summed E-state index contributed by atoms with van der Waals surface area (Å²) in [7, 11) is 1.85. The number of carbonyl (C=O) groups excluding carboxylic acids is 1. The number of fused-ring (bicyclic) bond motifs is 4. The summed E-state index contributed by atoms with van der Waals surface area (Å²) in [5.74, 6) is 0.130. The summed E-state index contributed by atoms with van der Waals surface area (Å²) in [6.07, 6.45) is 12.6. The molecule has 0 bridgehead atoms. The van der Waals surface area contributed by atoms with Gasteiger partial charge < -0.3 is 14.2 Å². The van der Waals surface area contributed by atoms with Crippen molar-refractivity contribution in [3.8, 4) is 22.3 Å². The molecule has 3 aromatic heterocycles. The van der Waals surface area contributed by atoms with Crippen molar-refractivity contribution in [3.05, 3.63) is 83.4 Å². The van der Waals surface area contributed by atoms with Crippen molar-refractivity contribution in [2.45, 2.75) is 68.9 Å². The lowest BCUT2D eigenvalue weighted by Gasteiger charge is -2.22. The first-order valence-corrected chi connectivity index (χ1v) is 17.5. The number of rotatable bonds is 10. The summed E-state index contributed by atoms with van der Waals surface area (Å²) in [6.45, 7) is 3.35. The molecule has 1 atom stereocenters. The zero-order valence-corrected chi connectivity index (χ0v) is 27.9. The predicted molar refractivity (Wildman–Crippen MR) is 181 cm³/mol. The van der Waals surface area contributed by atoms with E-state index in [1.54, 1.807) is 15.1 Å². The third-order valence-corrected chi connectivity index (χ3v) is 11.6. The fourth-order valence-corrected chi connectivity index (χ4v) is 9.10. The van der Waals surface area contributed by atoms with Gasteiger partial charge in [-0.05, 0) is 58.5 Å². The van der Waals surface area contributed by atoms with Gasteiger partial charge in [-0.1, -0.05) is 75.1 Å². The van der Waals surface area contributed by atoms with E-state index < -0.39 is 16.8 Å². The number of amides is 1. The van der Waals surface area contributed by atoms with Crippen LogP contribution in [0, 0.1) is 0 Å². The zero-order valence-electron chi connectivity index (χ0n) is 25.5. The summed E-state index contributed by atoms with van der Waals surface area (Å²) in [5.41, 5.74) is 5.77. The van der Waals surface area contributed by atoms with Gasteiger partial charge in [0.15, 0.2) is 10.5 Å². The van der Waals surface area contributed by atoms with Crippen LogP contribution < -0.4 is 4.90 Å². The standard InChI is InChI=1S/C35H36BrN5O3S/c1-3-4-10-19-44-23-40-22-26(20-38-40)24-13-15-25(16-14-24)29-30-31-28(39(2)34(42)35(31)17-8-9-18-35)21-37-33(30)41(32(29)36)45(43)27-11-6-5-7-12-27/h5-7,11-16,20-22H,3-4,8-10,17-19,23H2,1-2H3. The Labute approximate surface area is 274 Å². The lowest BCUT2D eigenvalue weighted by Crippen LogP contribution is -2.36. The molecule has 45 heavy (non-hydrogen) atoms. The van der Waals surface area contributed by atoms with Crippen molar-refractivity contribution in [1.82, 2.24) is 18.7 Å². The van der Waals surface area contributed by atoms with Crippen LogP contribution in [0.15, 0.2) is 82.7 Å². The highest BCUT2D eigenvalue weighted by Crippen LogP contribution is 2.56. The molecular formula is C35H36BrN5O3S. The SMILES string of the molecule is CCCCCOCn1cc(-c2ccc(-c3c(Br)n([S+]([O-])c4ccccc4)c4ncc5c(c34)C3(CCCC3)C(=O)N5C)cc2)cn1. The summed E-state index contributed by atoms with van der Waals surface area (Å²) in [6, 6.07) is 17.8. The Morgan fingerprint density at radius 1 is 1.00 bits per heavy atom. The molecule has 2 aromatic carbocycles. The number of hydrogen-bond donors (Lipinski definition) is 0.